The topological polar surface area (TPSA) is 24.5 Å². The number of benzene rings is 1. The zero-order chi connectivity index (χ0) is 13.3. The van der Waals surface area contributed by atoms with E-state index in [0.717, 1.165) is 25.4 Å². The van der Waals surface area contributed by atoms with Crippen molar-refractivity contribution in [1.82, 2.24) is 5.32 Å². The van der Waals surface area contributed by atoms with Crippen molar-refractivity contribution < 1.29 is 4.74 Å². The number of ether oxygens (including phenoxy) is 1. The molecule has 0 aromatic heterocycles. The van der Waals surface area contributed by atoms with Crippen LogP contribution in [-0.2, 0) is 0 Å². The Bertz CT molecular complexity index is 457. The lowest BCUT2D eigenvalue weighted by molar-refractivity contribution is 0.304. The molecule has 1 aliphatic heterocycles. The Labute approximate surface area is 119 Å². The van der Waals surface area contributed by atoms with Gasteiger partial charge in [0.15, 0.2) is 0 Å². The second-order valence-electron chi connectivity index (χ2n) is 5.65. The lowest BCUT2D eigenvalue weighted by Gasteiger charge is -2.42. The molecule has 19 heavy (non-hydrogen) atoms. The monoisotopic (exact) mass is 280 g/mol. The number of nitrogens with zero attached hydrogens (tertiary/aromatic N) is 1. The molecule has 1 saturated carbocycles. The van der Waals surface area contributed by atoms with E-state index in [2.05, 4.69) is 16.3 Å². The highest BCUT2D eigenvalue weighted by atomic mass is 35.5. The van der Waals surface area contributed by atoms with Crippen LogP contribution in [0, 0.1) is 0 Å². The Kier molecular flexibility index (Phi) is 3.59. The minimum Gasteiger partial charge on any atom is -0.495 e. The highest BCUT2D eigenvalue weighted by Gasteiger charge is 2.37. The molecule has 1 N–H and O–H groups in total. The third-order valence-electron chi connectivity index (χ3n) is 4.44. The van der Waals surface area contributed by atoms with E-state index in [4.69, 9.17) is 16.3 Å². The maximum absolute atomic E-state index is 6.23. The van der Waals surface area contributed by atoms with Gasteiger partial charge in [-0.3, -0.25) is 0 Å². The average molecular weight is 281 g/mol. The Morgan fingerprint density at radius 2 is 2.11 bits per heavy atom. The molecule has 3 nitrogen and oxygen atoms in total. The number of piperazine rings is 1. The first-order valence-corrected chi connectivity index (χ1v) is 7.44. The molecule has 1 aromatic carbocycles. The van der Waals surface area contributed by atoms with Gasteiger partial charge < -0.3 is 15.0 Å². The van der Waals surface area contributed by atoms with E-state index in [-0.39, 0.29) is 0 Å². The van der Waals surface area contributed by atoms with Gasteiger partial charge in [-0.15, -0.1) is 0 Å². The van der Waals surface area contributed by atoms with Crippen molar-refractivity contribution in [3.8, 4) is 5.75 Å². The Hall–Kier alpha value is -0.930. The first kappa shape index (κ1) is 13.1. The van der Waals surface area contributed by atoms with E-state index in [1.165, 1.54) is 31.4 Å². The molecule has 1 heterocycles. The van der Waals surface area contributed by atoms with Gasteiger partial charge in [0.05, 0.1) is 12.1 Å². The summed E-state index contributed by atoms with van der Waals surface area (Å²) in [6, 6.07) is 6.09. The maximum Gasteiger partial charge on any atom is 0.137 e. The summed E-state index contributed by atoms with van der Waals surface area (Å²) in [4.78, 5) is 2.45. The van der Waals surface area contributed by atoms with Crippen LogP contribution in [0.1, 0.15) is 25.7 Å². The number of halogens is 1. The van der Waals surface area contributed by atoms with Gasteiger partial charge in [0.1, 0.15) is 5.75 Å². The molecular weight excluding hydrogens is 260 g/mol. The first-order chi connectivity index (χ1) is 9.22. The predicted molar refractivity (Wildman–Crippen MR) is 79.4 cm³/mol. The Morgan fingerprint density at radius 1 is 1.32 bits per heavy atom. The number of hydrogen-bond donors (Lipinski definition) is 1. The summed E-state index contributed by atoms with van der Waals surface area (Å²) in [6.07, 6.45) is 5.30. The van der Waals surface area contributed by atoms with Gasteiger partial charge in [0.25, 0.3) is 0 Å². The molecule has 2 aliphatic rings. The zero-order valence-corrected chi connectivity index (χ0v) is 12.2. The summed E-state index contributed by atoms with van der Waals surface area (Å²) in [6.45, 7) is 3.20. The van der Waals surface area contributed by atoms with Gasteiger partial charge in [0.2, 0.25) is 0 Å². The molecule has 0 amide bonds. The standard InChI is InChI=1S/C15H21ClN2O/c1-19-14-5-4-12(10-13(14)16)18-9-8-17-15(11-18)6-2-3-7-15/h4-5,10,17H,2-3,6-9,11H2,1H3. The van der Waals surface area contributed by atoms with Crippen LogP contribution >= 0.6 is 11.6 Å². The first-order valence-electron chi connectivity index (χ1n) is 7.06. The Morgan fingerprint density at radius 3 is 2.79 bits per heavy atom. The molecular formula is C15H21ClN2O. The van der Waals surface area contributed by atoms with Crippen molar-refractivity contribution in [1.29, 1.82) is 0 Å². The minimum absolute atomic E-state index is 0.338. The summed E-state index contributed by atoms with van der Waals surface area (Å²) in [5, 5.41) is 4.43. The predicted octanol–water partition coefficient (Wildman–Crippen LogP) is 3.07. The van der Waals surface area contributed by atoms with Gasteiger partial charge in [-0.25, -0.2) is 0 Å². The fourth-order valence-corrected chi connectivity index (χ4v) is 3.67. The van der Waals surface area contributed by atoms with E-state index in [0.29, 0.717) is 10.6 Å². The molecule has 1 aromatic rings. The number of anilines is 1. The van der Waals surface area contributed by atoms with Crippen LogP contribution in [-0.4, -0.2) is 32.3 Å². The second-order valence-corrected chi connectivity index (χ2v) is 6.06. The molecule has 0 radical (unpaired) electrons. The van der Waals surface area contributed by atoms with Crippen LogP contribution in [0.5, 0.6) is 5.75 Å². The van der Waals surface area contributed by atoms with Crippen molar-refractivity contribution in [2.75, 3.05) is 31.6 Å². The summed E-state index contributed by atoms with van der Waals surface area (Å²) in [5.74, 6) is 0.746. The van der Waals surface area contributed by atoms with Gasteiger partial charge in [-0.1, -0.05) is 24.4 Å². The average Bonchev–Trinajstić information content (AvgIpc) is 2.86. The van der Waals surface area contributed by atoms with Crippen LogP contribution in [0.3, 0.4) is 0 Å². The highest BCUT2D eigenvalue weighted by molar-refractivity contribution is 6.32. The number of methoxy groups -OCH3 is 1. The van der Waals surface area contributed by atoms with Crippen molar-refractivity contribution in [3.63, 3.8) is 0 Å². The largest absolute Gasteiger partial charge is 0.495 e. The van der Waals surface area contributed by atoms with Crippen molar-refractivity contribution in [3.05, 3.63) is 23.2 Å². The van der Waals surface area contributed by atoms with Crippen LogP contribution < -0.4 is 15.0 Å². The molecule has 0 atom stereocenters. The number of nitrogens with one attached hydrogen (secondary N) is 1. The van der Waals surface area contributed by atoms with E-state index in [9.17, 15) is 0 Å². The van der Waals surface area contributed by atoms with Crippen molar-refractivity contribution in [2.24, 2.45) is 0 Å². The molecule has 1 spiro atoms. The molecule has 3 rings (SSSR count). The second kappa shape index (κ2) is 5.22. The quantitative estimate of drug-likeness (QED) is 0.901. The maximum atomic E-state index is 6.23. The zero-order valence-electron chi connectivity index (χ0n) is 11.4. The summed E-state index contributed by atoms with van der Waals surface area (Å²) >= 11 is 6.23. The van der Waals surface area contributed by atoms with Gasteiger partial charge in [0, 0.05) is 30.9 Å². The lowest BCUT2D eigenvalue weighted by Crippen LogP contribution is -2.59. The fraction of sp³-hybridized carbons (Fsp3) is 0.600. The number of rotatable bonds is 2. The van der Waals surface area contributed by atoms with Gasteiger partial charge in [-0.05, 0) is 31.0 Å². The van der Waals surface area contributed by atoms with Crippen LogP contribution in [0.25, 0.3) is 0 Å². The SMILES string of the molecule is COc1ccc(N2CCNC3(CCCC3)C2)cc1Cl. The van der Waals surface area contributed by atoms with Crippen LogP contribution in [0.2, 0.25) is 5.02 Å². The minimum atomic E-state index is 0.338. The van der Waals surface area contributed by atoms with Crippen molar-refractivity contribution in [2.45, 2.75) is 31.2 Å². The lowest BCUT2D eigenvalue weighted by atomic mass is 9.94. The van der Waals surface area contributed by atoms with E-state index >= 15 is 0 Å². The van der Waals surface area contributed by atoms with Crippen molar-refractivity contribution >= 4 is 17.3 Å². The van der Waals surface area contributed by atoms with Crippen LogP contribution in [0.4, 0.5) is 5.69 Å². The molecule has 1 aliphatic carbocycles. The summed E-state index contributed by atoms with van der Waals surface area (Å²) in [7, 11) is 1.65. The van der Waals surface area contributed by atoms with Gasteiger partial charge in [-0.2, -0.15) is 0 Å². The van der Waals surface area contributed by atoms with Crippen LogP contribution in [0.15, 0.2) is 18.2 Å². The van der Waals surface area contributed by atoms with E-state index < -0.39 is 0 Å². The van der Waals surface area contributed by atoms with Gasteiger partial charge >= 0.3 is 0 Å². The third-order valence-corrected chi connectivity index (χ3v) is 4.73. The highest BCUT2D eigenvalue weighted by Crippen LogP contribution is 2.35. The summed E-state index contributed by atoms with van der Waals surface area (Å²) < 4.78 is 5.22. The summed E-state index contributed by atoms with van der Waals surface area (Å²) in [5.41, 5.74) is 1.54. The normalized spacial score (nSPS) is 21.9. The fourth-order valence-electron chi connectivity index (χ4n) is 3.42. The Balaban J connectivity index is 1.79. The third kappa shape index (κ3) is 2.54. The molecule has 0 bridgehead atoms. The number of hydrogen-bond acceptors (Lipinski definition) is 3. The molecule has 1 saturated heterocycles. The van der Waals surface area contributed by atoms with E-state index in [1.807, 2.05) is 12.1 Å². The molecule has 104 valence electrons. The smallest absolute Gasteiger partial charge is 0.137 e. The van der Waals surface area contributed by atoms with E-state index in [1.54, 1.807) is 7.11 Å². The molecule has 0 unspecified atom stereocenters. The molecule has 2 fully saturated rings. The molecule has 4 heteroatoms.